The third-order valence-corrected chi connectivity index (χ3v) is 2.69. The molecule has 2 aromatic rings. The summed E-state index contributed by atoms with van der Waals surface area (Å²) in [6.07, 6.45) is 1.33. The van der Waals surface area contributed by atoms with E-state index in [1.165, 1.54) is 17.7 Å². The smallest absolute Gasteiger partial charge is 0.367 e. The number of carbonyl (C=O) groups is 2. The van der Waals surface area contributed by atoms with Crippen molar-refractivity contribution in [1.29, 1.82) is 0 Å². The van der Waals surface area contributed by atoms with Crippen LogP contribution in [0.2, 0.25) is 0 Å². The van der Waals surface area contributed by atoms with E-state index in [2.05, 4.69) is 20.0 Å². The van der Waals surface area contributed by atoms with E-state index in [4.69, 9.17) is 4.74 Å². The molecule has 0 saturated carbocycles. The Hall–Kier alpha value is -2.22. The van der Waals surface area contributed by atoms with Crippen LogP contribution in [0.3, 0.4) is 0 Å². The van der Waals surface area contributed by atoms with E-state index < -0.39 is 11.9 Å². The van der Waals surface area contributed by atoms with Gasteiger partial charge in [0.15, 0.2) is 5.82 Å². The molecule has 0 spiro atoms. The summed E-state index contributed by atoms with van der Waals surface area (Å²) in [4.78, 5) is 27.0. The average Bonchev–Trinajstić information content (AvgIpc) is 2.99. The summed E-state index contributed by atoms with van der Waals surface area (Å²) in [7, 11) is 0. The Morgan fingerprint density at radius 1 is 1.56 bits per heavy atom. The Bertz CT molecular complexity index is 549. The van der Waals surface area contributed by atoms with Crippen molar-refractivity contribution < 1.29 is 18.8 Å². The van der Waals surface area contributed by atoms with Gasteiger partial charge in [-0.05, 0) is 6.92 Å². The molecule has 8 heteroatoms. The molecule has 0 saturated heterocycles. The second-order valence-electron chi connectivity index (χ2n) is 3.10. The Kier molecular flexibility index (Phi) is 3.68. The highest BCUT2D eigenvalue weighted by Gasteiger charge is 2.16. The van der Waals surface area contributed by atoms with Crippen molar-refractivity contribution in [2.45, 2.75) is 6.92 Å². The van der Waals surface area contributed by atoms with E-state index in [1.807, 2.05) is 0 Å². The van der Waals surface area contributed by atoms with Gasteiger partial charge in [0, 0.05) is 11.4 Å². The van der Waals surface area contributed by atoms with Crippen molar-refractivity contribution >= 4 is 29.0 Å². The maximum absolute atomic E-state index is 11.7. The van der Waals surface area contributed by atoms with Gasteiger partial charge in [-0.25, -0.2) is 9.78 Å². The molecule has 0 aliphatic rings. The Labute approximate surface area is 106 Å². The van der Waals surface area contributed by atoms with Gasteiger partial charge in [-0.1, -0.05) is 5.16 Å². The molecule has 0 aliphatic carbocycles. The molecular formula is C10H9N3O4S. The van der Waals surface area contributed by atoms with Gasteiger partial charge < -0.3 is 14.6 Å². The van der Waals surface area contributed by atoms with Crippen LogP contribution in [0.25, 0.3) is 0 Å². The van der Waals surface area contributed by atoms with E-state index in [0.29, 0.717) is 0 Å². The van der Waals surface area contributed by atoms with Crippen LogP contribution in [-0.2, 0) is 4.74 Å². The van der Waals surface area contributed by atoms with Gasteiger partial charge in [-0.3, -0.25) is 4.79 Å². The van der Waals surface area contributed by atoms with Crippen molar-refractivity contribution in [1.82, 2.24) is 10.1 Å². The van der Waals surface area contributed by atoms with Crippen LogP contribution in [0.1, 0.15) is 27.2 Å². The largest absolute Gasteiger partial charge is 0.461 e. The third-order valence-electron chi connectivity index (χ3n) is 1.87. The van der Waals surface area contributed by atoms with E-state index in [0.717, 1.165) is 11.3 Å². The van der Waals surface area contributed by atoms with Gasteiger partial charge in [0.1, 0.15) is 12.0 Å². The van der Waals surface area contributed by atoms with Crippen LogP contribution in [0.4, 0.5) is 5.82 Å². The minimum absolute atomic E-state index is 0.131. The molecule has 0 unspecified atom stereocenters. The fraction of sp³-hybridized carbons (Fsp3) is 0.200. The van der Waals surface area contributed by atoms with Crippen LogP contribution < -0.4 is 5.32 Å². The number of ether oxygens (including phenoxy) is 1. The van der Waals surface area contributed by atoms with Crippen LogP contribution in [0.15, 0.2) is 22.2 Å². The zero-order chi connectivity index (χ0) is 13.0. The predicted octanol–water partition coefficient (Wildman–Crippen LogP) is 1.56. The monoisotopic (exact) mass is 267 g/mol. The fourth-order valence-electron chi connectivity index (χ4n) is 1.12. The van der Waals surface area contributed by atoms with Crippen molar-refractivity contribution in [3.63, 3.8) is 0 Å². The van der Waals surface area contributed by atoms with Gasteiger partial charge in [-0.15, -0.1) is 11.3 Å². The van der Waals surface area contributed by atoms with Gasteiger partial charge >= 0.3 is 5.97 Å². The Morgan fingerprint density at radius 3 is 3.06 bits per heavy atom. The maximum Gasteiger partial charge on any atom is 0.367 e. The maximum atomic E-state index is 11.7. The van der Waals surface area contributed by atoms with E-state index in [1.54, 1.807) is 6.92 Å². The summed E-state index contributed by atoms with van der Waals surface area (Å²) in [6.45, 7) is 1.96. The molecule has 1 N–H and O–H groups in total. The topological polar surface area (TPSA) is 94.3 Å². The quantitative estimate of drug-likeness (QED) is 0.845. The number of nitrogens with zero attached hydrogens (tertiary/aromatic N) is 2. The number of aromatic nitrogens is 2. The van der Waals surface area contributed by atoms with Crippen LogP contribution in [-0.4, -0.2) is 28.6 Å². The lowest BCUT2D eigenvalue weighted by molar-refractivity contribution is 0.0526. The van der Waals surface area contributed by atoms with Crippen molar-refractivity contribution in [3.8, 4) is 0 Å². The molecule has 0 aliphatic heterocycles. The van der Waals surface area contributed by atoms with Crippen LogP contribution in [0.5, 0.6) is 0 Å². The summed E-state index contributed by atoms with van der Waals surface area (Å²) < 4.78 is 9.35. The molecule has 7 nitrogen and oxygen atoms in total. The predicted molar refractivity (Wildman–Crippen MR) is 62.5 cm³/mol. The van der Waals surface area contributed by atoms with Crippen molar-refractivity contribution in [2.24, 2.45) is 0 Å². The van der Waals surface area contributed by atoms with Crippen LogP contribution >= 0.6 is 11.3 Å². The van der Waals surface area contributed by atoms with E-state index in [-0.39, 0.29) is 23.1 Å². The number of hydrogen-bond donors (Lipinski definition) is 1. The molecule has 1 amide bonds. The van der Waals surface area contributed by atoms with Gasteiger partial charge in [0.25, 0.3) is 5.91 Å². The number of esters is 1. The summed E-state index contributed by atoms with van der Waals surface area (Å²) in [6, 6.07) is 1.50. The first-order valence-corrected chi connectivity index (χ1v) is 5.93. The molecule has 2 rings (SSSR count). The SMILES string of the molecule is CCOC(=O)c1nc(C(=O)Nc2ccon2)cs1. The first-order chi connectivity index (χ1) is 8.70. The molecule has 0 bridgehead atoms. The summed E-state index contributed by atoms with van der Waals surface area (Å²) in [5, 5.41) is 7.62. The Morgan fingerprint density at radius 2 is 2.39 bits per heavy atom. The van der Waals surface area contributed by atoms with E-state index >= 15 is 0 Å². The van der Waals surface area contributed by atoms with Crippen LogP contribution in [0, 0.1) is 0 Å². The molecule has 0 fully saturated rings. The number of amides is 1. The first-order valence-electron chi connectivity index (χ1n) is 5.05. The minimum Gasteiger partial charge on any atom is -0.461 e. The number of thiazole rings is 1. The van der Waals surface area contributed by atoms with Gasteiger partial charge in [0.2, 0.25) is 5.01 Å². The zero-order valence-corrected chi connectivity index (χ0v) is 10.2. The first kappa shape index (κ1) is 12.2. The summed E-state index contributed by atoms with van der Waals surface area (Å²) in [5.41, 5.74) is 0.131. The molecule has 0 radical (unpaired) electrons. The highest BCUT2D eigenvalue weighted by Crippen LogP contribution is 2.12. The van der Waals surface area contributed by atoms with Crippen molar-refractivity contribution in [2.75, 3.05) is 11.9 Å². The lowest BCUT2D eigenvalue weighted by Crippen LogP contribution is -2.13. The molecule has 2 heterocycles. The second kappa shape index (κ2) is 5.41. The molecule has 18 heavy (non-hydrogen) atoms. The molecule has 0 atom stereocenters. The standard InChI is InChI=1S/C10H9N3O4S/c1-2-16-10(15)9-11-6(5-18-9)8(14)12-7-3-4-17-13-7/h3-5H,2H2,1H3,(H,12,13,14). The minimum atomic E-state index is -0.539. The zero-order valence-electron chi connectivity index (χ0n) is 9.37. The fourth-order valence-corrected chi connectivity index (χ4v) is 1.81. The number of hydrogen-bond acceptors (Lipinski definition) is 7. The highest BCUT2D eigenvalue weighted by molar-refractivity contribution is 7.11. The number of anilines is 1. The number of rotatable bonds is 4. The van der Waals surface area contributed by atoms with E-state index in [9.17, 15) is 9.59 Å². The normalized spacial score (nSPS) is 10.1. The van der Waals surface area contributed by atoms with Gasteiger partial charge in [0.05, 0.1) is 6.61 Å². The third kappa shape index (κ3) is 2.72. The number of carbonyl (C=O) groups excluding carboxylic acids is 2. The molecule has 2 aromatic heterocycles. The second-order valence-corrected chi connectivity index (χ2v) is 3.96. The average molecular weight is 267 g/mol. The Balaban J connectivity index is 2.05. The number of nitrogens with one attached hydrogen (secondary N) is 1. The molecule has 0 aromatic carbocycles. The van der Waals surface area contributed by atoms with Crippen molar-refractivity contribution in [3.05, 3.63) is 28.4 Å². The molecule has 94 valence electrons. The lowest BCUT2D eigenvalue weighted by atomic mass is 10.4. The molecular weight excluding hydrogens is 258 g/mol. The highest BCUT2D eigenvalue weighted by atomic mass is 32.1. The lowest BCUT2D eigenvalue weighted by Gasteiger charge is -1.97. The summed E-state index contributed by atoms with van der Waals surface area (Å²) >= 11 is 1.05. The summed E-state index contributed by atoms with van der Waals surface area (Å²) in [5.74, 6) is -0.718. The van der Waals surface area contributed by atoms with Gasteiger partial charge in [-0.2, -0.15) is 0 Å².